The monoisotopic (exact) mass is 354 g/mol. The molecule has 8 nitrogen and oxygen atoms in total. The molecule has 0 atom stereocenters. The summed E-state index contributed by atoms with van der Waals surface area (Å²) in [5, 5.41) is 5.79. The van der Waals surface area contributed by atoms with Gasteiger partial charge in [0.25, 0.3) is 0 Å². The number of amides is 2. The van der Waals surface area contributed by atoms with Gasteiger partial charge in [-0.25, -0.2) is 14.8 Å². The van der Waals surface area contributed by atoms with Crippen LogP contribution in [0.25, 0.3) is 20.9 Å². The van der Waals surface area contributed by atoms with E-state index in [0.717, 1.165) is 26.5 Å². The molecule has 0 aliphatic heterocycles. The number of anilines is 1. The second-order valence-electron chi connectivity index (χ2n) is 5.17. The predicted molar refractivity (Wildman–Crippen MR) is 96.8 cm³/mol. The Morgan fingerprint density at radius 3 is 2.84 bits per heavy atom. The van der Waals surface area contributed by atoms with Crippen molar-refractivity contribution in [2.75, 3.05) is 19.1 Å². The standard InChI is InChI=1S/C16H14N6O2S/c1-21(2)16(24)22(19-6-7-23)12-8-13-14(18-10-12)20-15(25-13)11-4-3-5-17-9-11/h3-10H,1-2H3/b19-6-. The molecule has 0 N–H and O–H groups in total. The molecule has 3 aromatic rings. The molecule has 3 rings (SSSR count). The average molecular weight is 354 g/mol. The molecule has 9 heteroatoms. The quantitative estimate of drug-likeness (QED) is 0.408. The van der Waals surface area contributed by atoms with E-state index in [0.29, 0.717) is 17.6 Å². The van der Waals surface area contributed by atoms with Crippen molar-refractivity contribution in [3.8, 4) is 10.6 Å². The highest BCUT2D eigenvalue weighted by Gasteiger charge is 2.18. The second-order valence-corrected chi connectivity index (χ2v) is 6.20. The van der Waals surface area contributed by atoms with Crippen LogP contribution in [-0.2, 0) is 4.79 Å². The number of aldehydes is 1. The molecule has 0 spiro atoms. The summed E-state index contributed by atoms with van der Waals surface area (Å²) in [7, 11) is 3.20. The summed E-state index contributed by atoms with van der Waals surface area (Å²) < 4.78 is 0.800. The van der Waals surface area contributed by atoms with E-state index in [1.807, 2.05) is 12.1 Å². The van der Waals surface area contributed by atoms with Gasteiger partial charge in [-0.3, -0.25) is 9.78 Å². The Morgan fingerprint density at radius 2 is 2.16 bits per heavy atom. The van der Waals surface area contributed by atoms with Crippen molar-refractivity contribution >= 4 is 45.9 Å². The number of hydrazone groups is 1. The largest absolute Gasteiger partial charge is 0.344 e. The molecule has 3 aromatic heterocycles. The second kappa shape index (κ2) is 7.14. The molecule has 3 heterocycles. The zero-order valence-corrected chi connectivity index (χ0v) is 14.3. The van der Waals surface area contributed by atoms with Gasteiger partial charge in [-0.15, -0.1) is 11.3 Å². The Morgan fingerprint density at radius 1 is 1.32 bits per heavy atom. The van der Waals surface area contributed by atoms with Crippen molar-refractivity contribution in [2.24, 2.45) is 5.10 Å². The van der Waals surface area contributed by atoms with E-state index in [4.69, 9.17) is 0 Å². The lowest BCUT2D eigenvalue weighted by atomic mass is 10.3. The van der Waals surface area contributed by atoms with Crippen LogP contribution in [0.5, 0.6) is 0 Å². The molecular weight excluding hydrogens is 340 g/mol. The summed E-state index contributed by atoms with van der Waals surface area (Å²) in [6.07, 6.45) is 6.45. The highest BCUT2D eigenvalue weighted by atomic mass is 32.1. The van der Waals surface area contributed by atoms with Gasteiger partial charge in [0.05, 0.1) is 22.8 Å². The highest BCUT2D eigenvalue weighted by Crippen LogP contribution is 2.31. The van der Waals surface area contributed by atoms with Crippen LogP contribution in [-0.4, -0.2) is 52.5 Å². The third-order valence-electron chi connectivity index (χ3n) is 3.19. The van der Waals surface area contributed by atoms with Gasteiger partial charge in [-0.1, -0.05) is 0 Å². The summed E-state index contributed by atoms with van der Waals surface area (Å²) in [6.45, 7) is 0. The number of nitrogens with zero attached hydrogens (tertiary/aromatic N) is 6. The normalized spacial score (nSPS) is 11.0. The number of pyridine rings is 2. The summed E-state index contributed by atoms with van der Waals surface area (Å²) in [4.78, 5) is 37.1. The number of carbonyl (C=O) groups is 2. The minimum absolute atomic E-state index is 0.392. The molecule has 0 aliphatic rings. The fourth-order valence-corrected chi connectivity index (χ4v) is 3.00. The van der Waals surface area contributed by atoms with Crippen LogP contribution in [0.4, 0.5) is 10.5 Å². The van der Waals surface area contributed by atoms with Crippen molar-refractivity contribution in [3.63, 3.8) is 0 Å². The number of fused-ring (bicyclic) bond motifs is 1. The predicted octanol–water partition coefficient (Wildman–Crippen LogP) is 2.43. The van der Waals surface area contributed by atoms with Gasteiger partial charge in [0.15, 0.2) is 11.9 Å². The Bertz CT molecular complexity index is 938. The number of urea groups is 1. The maximum absolute atomic E-state index is 12.3. The van der Waals surface area contributed by atoms with Gasteiger partial charge in [-0.2, -0.15) is 10.1 Å². The van der Waals surface area contributed by atoms with Crippen LogP contribution in [0, 0.1) is 0 Å². The molecule has 0 aliphatic carbocycles. The van der Waals surface area contributed by atoms with Gasteiger partial charge >= 0.3 is 6.03 Å². The average Bonchev–Trinajstić information content (AvgIpc) is 3.06. The van der Waals surface area contributed by atoms with E-state index in [2.05, 4.69) is 20.1 Å². The lowest BCUT2D eigenvalue weighted by Gasteiger charge is -2.20. The minimum Gasteiger partial charge on any atom is -0.329 e. The van der Waals surface area contributed by atoms with Crippen molar-refractivity contribution in [3.05, 3.63) is 36.8 Å². The third kappa shape index (κ3) is 3.50. The molecule has 0 unspecified atom stereocenters. The Kier molecular flexibility index (Phi) is 4.75. The first-order valence-corrected chi connectivity index (χ1v) is 8.08. The summed E-state index contributed by atoms with van der Waals surface area (Å²) in [5.74, 6) is 0. The Balaban J connectivity index is 2.03. The summed E-state index contributed by atoms with van der Waals surface area (Å²) >= 11 is 1.44. The number of hydrogen-bond acceptors (Lipinski definition) is 7. The fraction of sp³-hybridized carbons (Fsp3) is 0.125. The molecule has 25 heavy (non-hydrogen) atoms. The SMILES string of the molecule is CN(C)C(=O)N(/N=C\C=O)c1cnc2nc(-c3cccnc3)sc2c1. The zero-order valence-electron chi connectivity index (χ0n) is 13.5. The van der Waals surface area contributed by atoms with Gasteiger partial charge < -0.3 is 4.90 Å². The van der Waals surface area contributed by atoms with E-state index in [1.165, 1.54) is 22.4 Å². The lowest BCUT2D eigenvalue weighted by molar-refractivity contribution is -0.102. The highest BCUT2D eigenvalue weighted by molar-refractivity contribution is 7.21. The van der Waals surface area contributed by atoms with Crippen LogP contribution < -0.4 is 5.01 Å². The van der Waals surface area contributed by atoms with Gasteiger partial charge in [0, 0.05) is 32.1 Å². The molecule has 0 fully saturated rings. The minimum atomic E-state index is -0.392. The number of carbonyl (C=O) groups excluding carboxylic acids is 2. The van der Waals surface area contributed by atoms with E-state index >= 15 is 0 Å². The zero-order chi connectivity index (χ0) is 17.8. The third-order valence-corrected chi connectivity index (χ3v) is 4.23. The van der Waals surface area contributed by atoms with Gasteiger partial charge in [0.1, 0.15) is 5.01 Å². The maximum Gasteiger partial charge on any atom is 0.344 e. The van der Waals surface area contributed by atoms with E-state index in [1.54, 1.807) is 32.6 Å². The lowest BCUT2D eigenvalue weighted by Crippen LogP contribution is -2.35. The van der Waals surface area contributed by atoms with Crippen LogP contribution in [0.15, 0.2) is 41.9 Å². The Hall–Kier alpha value is -3.20. The van der Waals surface area contributed by atoms with Crippen molar-refractivity contribution in [1.82, 2.24) is 19.9 Å². The molecule has 0 saturated carbocycles. The number of hydrogen-bond donors (Lipinski definition) is 0. The van der Waals surface area contributed by atoms with Crippen LogP contribution in [0.2, 0.25) is 0 Å². The summed E-state index contributed by atoms with van der Waals surface area (Å²) in [5.41, 5.74) is 1.92. The van der Waals surface area contributed by atoms with E-state index in [-0.39, 0.29) is 0 Å². The van der Waals surface area contributed by atoms with Crippen LogP contribution in [0.1, 0.15) is 0 Å². The smallest absolute Gasteiger partial charge is 0.329 e. The molecule has 2 amide bonds. The molecule has 0 radical (unpaired) electrons. The van der Waals surface area contributed by atoms with E-state index < -0.39 is 6.03 Å². The number of aromatic nitrogens is 3. The first-order valence-electron chi connectivity index (χ1n) is 7.26. The summed E-state index contributed by atoms with van der Waals surface area (Å²) in [6, 6.07) is 5.13. The molecular formula is C16H14N6O2S. The molecule has 126 valence electrons. The van der Waals surface area contributed by atoms with Crippen molar-refractivity contribution in [2.45, 2.75) is 0 Å². The number of rotatable bonds is 4. The van der Waals surface area contributed by atoms with Crippen LogP contribution >= 0.6 is 11.3 Å². The number of thiazole rings is 1. The van der Waals surface area contributed by atoms with Crippen molar-refractivity contribution in [1.29, 1.82) is 0 Å². The van der Waals surface area contributed by atoms with Gasteiger partial charge in [0.2, 0.25) is 0 Å². The van der Waals surface area contributed by atoms with Crippen LogP contribution in [0.3, 0.4) is 0 Å². The van der Waals surface area contributed by atoms with Crippen molar-refractivity contribution < 1.29 is 9.59 Å². The Labute approximate surface area is 147 Å². The van der Waals surface area contributed by atoms with Gasteiger partial charge in [-0.05, 0) is 18.2 Å². The molecule has 0 aromatic carbocycles. The molecule has 0 saturated heterocycles. The fourth-order valence-electron chi connectivity index (χ4n) is 2.05. The maximum atomic E-state index is 12.3. The first kappa shape index (κ1) is 16.7. The topological polar surface area (TPSA) is 91.7 Å². The first-order chi connectivity index (χ1) is 12.1. The molecule has 0 bridgehead atoms. The van der Waals surface area contributed by atoms with E-state index in [9.17, 15) is 9.59 Å².